The van der Waals surface area contributed by atoms with Crippen LogP contribution in [-0.4, -0.2) is 15.6 Å². The van der Waals surface area contributed by atoms with Crippen molar-refractivity contribution < 1.29 is 4.79 Å². The van der Waals surface area contributed by atoms with Crippen molar-refractivity contribution in [2.24, 2.45) is 4.99 Å². The molecule has 1 saturated heterocycles. The second-order valence-corrected chi connectivity index (χ2v) is 8.18. The van der Waals surface area contributed by atoms with E-state index in [1.165, 1.54) is 36.0 Å². The molecule has 5 heteroatoms. The van der Waals surface area contributed by atoms with Crippen molar-refractivity contribution in [1.82, 2.24) is 9.88 Å². The number of nitrogens with one attached hydrogen (secondary N) is 1. The number of rotatable bonds is 3. The van der Waals surface area contributed by atoms with E-state index in [1.54, 1.807) is 0 Å². The molecule has 2 fully saturated rings. The van der Waals surface area contributed by atoms with Crippen LogP contribution in [0.4, 0.5) is 5.69 Å². The molecule has 4 nitrogen and oxygen atoms in total. The number of amidine groups is 1. The highest BCUT2D eigenvalue weighted by Crippen LogP contribution is 2.39. The van der Waals surface area contributed by atoms with Crippen LogP contribution in [0, 0.1) is 27.7 Å². The molecule has 0 spiro atoms. The van der Waals surface area contributed by atoms with Crippen LogP contribution in [0.15, 0.2) is 34.2 Å². The van der Waals surface area contributed by atoms with Gasteiger partial charge in [-0.15, -0.1) is 0 Å². The molecule has 4 rings (SSSR count). The first kappa shape index (κ1) is 17.2. The third kappa shape index (κ3) is 3.12. The molecule has 1 amide bonds. The topological polar surface area (TPSA) is 46.4 Å². The van der Waals surface area contributed by atoms with E-state index in [9.17, 15) is 4.79 Å². The van der Waals surface area contributed by atoms with Gasteiger partial charge in [0, 0.05) is 17.4 Å². The number of aliphatic imine (C=N–C) groups is 1. The summed E-state index contributed by atoms with van der Waals surface area (Å²) in [5.41, 5.74) is 6.79. The van der Waals surface area contributed by atoms with Crippen LogP contribution < -0.4 is 5.32 Å². The molecule has 0 atom stereocenters. The highest BCUT2D eigenvalue weighted by atomic mass is 32.2. The third-order valence-electron chi connectivity index (χ3n) is 5.03. The number of para-hydroxylation sites is 1. The van der Waals surface area contributed by atoms with Gasteiger partial charge in [-0.1, -0.05) is 18.2 Å². The Morgan fingerprint density at radius 2 is 1.88 bits per heavy atom. The molecular weight excluding hydrogens is 342 g/mol. The third-order valence-corrected chi connectivity index (χ3v) is 5.94. The molecule has 1 aliphatic heterocycles. The molecule has 1 N–H and O–H groups in total. The SMILES string of the molecule is Cc1cccc(C)c1N=C1NC(=O)/C(=C/c2cc(C)n(C3CC3)c2C)S1. The van der Waals surface area contributed by atoms with Crippen LogP contribution in [0.3, 0.4) is 0 Å². The highest BCUT2D eigenvalue weighted by Gasteiger charge is 2.28. The fraction of sp³-hybridized carbons (Fsp3) is 0.333. The lowest BCUT2D eigenvalue weighted by molar-refractivity contribution is -0.115. The minimum atomic E-state index is -0.0730. The van der Waals surface area contributed by atoms with Crippen LogP contribution in [0.2, 0.25) is 0 Å². The number of carbonyl (C=O) groups excluding carboxylic acids is 1. The van der Waals surface area contributed by atoms with Gasteiger partial charge in [0.2, 0.25) is 0 Å². The zero-order chi connectivity index (χ0) is 18.4. The van der Waals surface area contributed by atoms with Gasteiger partial charge in [0.25, 0.3) is 5.91 Å². The molecule has 1 aliphatic carbocycles. The molecule has 1 saturated carbocycles. The van der Waals surface area contributed by atoms with Gasteiger partial charge in [-0.05, 0) is 81.1 Å². The number of hydrogen-bond acceptors (Lipinski definition) is 3. The number of thioether (sulfide) groups is 1. The molecule has 1 aromatic heterocycles. The Bertz CT molecular complexity index is 944. The summed E-state index contributed by atoms with van der Waals surface area (Å²) in [5, 5.41) is 3.55. The van der Waals surface area contributed by atoms with E-state index >= 15 is 0 Å². The number of benzene rings is 1. The first-order chi connectivity index (χ1) is 12.4. The second kappa shape index (κ2) is 6.47. The van der Waals surface area contributed by atoms with E-state index in [0.29, 0.717) is 16.1 Å². The fourth-order valence-corrected chi connectivity index (χ4v) is 4.37. The molecule has 26 heavy (non-hydrogen) atoms. The predicted octanol–water partition coefficient (Wildman–Crippen LogP) is 4.95. The summed E-state index contributed by atoms with van der Waals surface area (Å²) in [6.45, 7) is 8.36. The van der Waals surface area contributed by atoms with Crippen LogP contribution in [0.5, 0.6) is 0 Å². The molecule has 134 valence electrons. The number of nitrogens with zero attached hydrogens (tertiary/aromatic N) is 2. The fourth-order valence-electron chi connectivity index (χ4n) is 3.55. The Morgan fingerprint density at radius 1 is 1.19 bits per heavy atom. The smallest absolute Gasteiger partial charge is 0.264 e. The van der Waals surface area contributed by atoms with Gasteiger partial charge in [-0.2, -0.15) is 0 Å². The largest absolute Gasteiger partial charge is 0.346 e. The summed E-state index contributed by atoms with van der Waals surface area (Å²) in [6.07, 6.45) is 4.51. The molecule has 2 aliphatic rings. The van der Waals surface area contributed by atoms with Gasteiger partial charge >= 0.3 is 0 Å². The standard InChI is InChI=1S/C21H23N3OS/c1-12-6-5-7-13(2)19(12)22-21-23-20(25)18(26-21)11-16-10-14(3)24(15(16)4)17-8-9-17/h5-7,10-11,17H,8-9H2,1-4H3,(H,22,23,25)/b18-11-. The van der Waals surface area contributed by atoms with E-state index in [-0.39, 0.29) is 5.91 Å². The normalized spacial score (nSPS) is 20.2. The maximum atomic E-state index is 12.4. The highest BCUT2D eigenvalue weighted by molar-refractivity contribution is 8.18. The van der Waals surface area contributed by atoms with E-state index in [2.05, 4.69) is 34.8 Å². The number of hydrogen-bond donors (Lipinski definition) is 1. The minimum Gasteiger partial charge on any atom is -0.346 e. The molecule has 2 heterocycles. The monoisotopic (exact) mass is 365 g/mol. The molecule has 0 radical (unpaired) electrons. The molecule has 1 aromatic carbocycles. The second-order valence-electron chi connectivity index (χ2n) is 7.15. The summed E-state index contributed by atoms with van der Waals surface area (Å²) in [6, 6.07) is 8.92. The number of aromatic nitrogens is 1. The van der Waals surface area contributed by atoms with Gasteiger partial charge in [0.15, 0.2) is 5.17 Å². The van der Waals surface area contributed by atoms with Crippen LogP contribution in [0.1, 0.15) is 47.0 Å². The van der Waals surface area contributed by atoms with Crippen LogP contribution in [0.25, 0.3) is 6.08 Å². The average molecular weight is 366 g/mol. The Kier molecular flexibility index (Phi) is 4.27. The number of aryl methyl sites for hydroxylation is 3. The zero-order valence-electron chi connectivity index (χ0n) is 15.6. The molecule has 0 bridgehead atoms. The van der Waals surface area contributed by atoms with E-state index in [0.717, 1.165) is 22.4 Å². The Balaban J connectivity index is 1.64. The molecular formula is C21H23N3OS. The van der Waals surface area contributed by atoms with Crippen molar-refractivity contribution in [2.45, 2.75) is 46.6 Å². The zero-order valence-corrected chi connectivity index (χ0v) is 16.4. The van der Waals surface area contributed by atoms with Crippen LogP contribution >= 0.6 is 11.8 Å². The quantitative estimate of drug-likeness (QED) is 0.783. The lowest BCUT2D eigenvalue weighted by atomic mass is 10.1. The first-order valence-corrected chi connectivity index (χ1v) is 9.80. The minimum absolute atomic E-state index is 0.0730. The predicted molar refractivity (Wildman–Crippen MR) is 109 cm³/mol. The number of carbonyl (C=O) groups is 1. The Labute approximate surface area is 158 Å². The summed E-state index contributed by atoms with van der Waals surface area (Å²) in [4.78, 5) is 17.8. The van der Waals surface area contributed by atoms with E-state index in [1.807, 2.05) is 38.1 Å². The number of amides is 1. The van der Waals surface area contributed by atoms with Gasteiger partial charge in [0.1, 0.15) is 0 Å². The van der Waals surface area contributed by atoms with Crippen molar-refractivity contribution in [2.75, 3.05) is 0 Å². The van der Waals surface area contributed by atoms with Crippen molar-refractivity contribution >= 4 is 34.6 Å². The molecule has 0 unspecified atom stereocenters. The van der Waals surface area contributed by atoms with E-state index < -0.39 is 0 Å². The average Bonchev–Trinajstić information content (AvgIpc) is 3.29. The summed E-state index contributed by atoms with van der Waals surface area (Å²) < 4.78 is 2.40. The van der Waals surface area contributed by atoms with E-state index in [4.69, 9.17) is 0 Å². The van der Waals surface area contributed by atoms with Crippen molar-refractivity contribution in [3.05, 3.63) is 57.2 Å². The van der Waals surface area contributed by atoms with Crippen LogP contribution in [-0.2, 0) is 4.79 Å². The maximum absolute atomic E-state index is 12.4. The van der Waals surface area contributed by atoms with Gasteiger partial charge < -0.3 is 9.88 Å². The van der Waals surface area contributed by atoms with Crippen molar-refractivity contribution in [1.29, 1.82) is 0 Å². The van der Waals surface area contributed by atoms with Gasteiger partial charge in [0.05, 0.1) is 10.6 Å². The summed E-state index contributed by atoms with van der Waals surface area (Å²) in [5.74, 6) is -0.0730. The van der Waals surface area contributed by atoms with Gasteiger partial charge in [-0.3, -0.25) is 4.79 Å². The summed E-state index contributed by atoms with van der Waals surface area (Å²) in [7, 11) is 0. The Morgan fingerprint density at radius 3 is 2.54 bits per heavy atom. The van der Waals surface area contributed by atoms with Crippen molar-refractivity contribution in [3.63, 3.8) is 0 Å². The molecule has 2 aromatic rings. The van der Waals surface area contributed by atoms with Crippen molar-refractivity contribution in [3.8, 4) is 0 Å². The lowest BCUT2D eigenvalue weighted by Gasteiger charge is -2.06. The first-order valence-electron chi connectivity index (χ1n) is 8.98. The Hall–Kier alpha value is -2.27. The van der Waals surface area contributed by atoms with Gasteiger partial charge in [-0.25, -0.2) is 4.99 Å². The summed E-state index contributed by atoms with van der Waals surface area (Å²) >= 11 is 1.41. The lowest BCUT2D eigenvalue weighted by Crippen LogP contribution is -2.19. The maximum Gasteiger partial charge on any atom is 0.264 e.